The van der Waals surface area contributed by atoms with Crippen LogP contribution in [-0.4, -0.2) is 55.4 Å². The van der Waals surface area contributed by atoms with E-state index in [1.165, 1.54) is 6.08 Å². The predicted molar refractivity (Wildman–Crippen MR) is 133 cm³/mol. The molecule has 0 aliphatic carbocycles. The molecule has 1 aliphatic rings. The number of carbonyl (C=O) groups is 1. The minimum Gasteiger partial charge on any atom is -0.487 e. The number of ether oxygens (including phenoxy) is 4. The molecule has 0 bridgehead atoms. The van der Waals surface area contributed by atoms with Crippen molar-refractivity contribution in [3.8, 4) is 11.5 Å². The summed E-state index contributed by atoms with van der Waals surface area (Å²) in [5.74, 6) is 0.444. The highest BCUT2D eigenvalue weighted by atomic mass is 19.1. The van der Waals surface area contributed by atoms with Crippen LogP contribution in [0.15, 0.2) is 61.3 Å². The first kappa shape index (κ1) is 25.1. The van der Waals surface area contributed by atoms with E-state index in [4.69, 9.17) is 18.9 Å². The Kier molecular flexibility index (Phi) is 8.79. The summed E-state index contributed by atoms with van der Waals surface area (Å²) in [5, 5.41) is 6.02. The Labute approximate surface area is 208 Å². The van der Waals surface area contributed by atoms with E-state index in [1.54, 1.807) is 42.5 Å². The number of carbonyl (C=O) groups excluding carboxylic acids is 1. The Hall–Kier alpha value is -4.02. The summed E-state index contributed by atoms with van der Waals surface area (Å²) in [6.07, 6.45) is 2.47. The molecule has 0 fully saturated rings. The molecule has 10 heteroatoms. The van der Waals surface area contributed by atoms with Gasteiger partial charge >= 0.3 is 0 Å². The van der Waals surface area contributed by atoms with Crippen molar-refractivity contribution in [3.63, 3.8) is 0 Å². The molecule has 2 heterocycles. The molecule has 2 N–H and O–H groups in total. The Balaban J connectivity index is 1.51. The molecule has 1 aliphatic heterocycles. The number of para-hydroxylation sites is 1. The van der Waals surface area contributed by atoms with Crippen LogP contribution in [0, 0.1) is 5.82 Å². The van der Waals surface area contributed by atoms with Crippen molar-refractivity contribution < 1.29 is 28.1 Å². The SMILES string of the molecule is C=CC(=O)Cc1ccccc1Nc1nc(Nc2ccc3c(c2)OCCOCCOCCO3)ncc1F. The van der Waals surface area contributed by atoms with Gasteiger partial charge in [-0.25, -0.2) is 9.37 Å². The number of ketones is 1. The predicted octanol–water partition coefficient (Wildman–Crippen LogP) is 4.20. The van der Waals surface area contributed by atoms with Crippen molar-refractivity contribution in [2.75, 3.05) is 50.3 Å². The zero-order chi connectivity index (χ0) is 25.2. The van der Waals surface area contributed by atoms with Crippen LogP contribution in [0.25, 0.3) is 0 Å². The summed E-state index contributed by atoms with van der Waals surface area (Å²) >= 11 is 0. The first-order valence-corrected chi connectivity index (χ1v) is 11.5. The third-order valence-corrected chi connectivity index (χ3v) is 5.15. The number of nitrogens with zero attached hydrogens (tertiary/aromatic N) is 2. The number of aromatic nitrogens is 2. The van der Waals surface area contributed by atoms with E-state index < -0.39 is 5.82 Å². The lowest BCUT2D eigenvalue weighted by molar-refractivity contribution is -0.114. The van der Waals surface area contributed by atoms with Crippen LogP contribution in [0.2, 0.25) is 0 Å². The average molecular weight is 495 g/mol. The van der Waals surface area contributed by atoms with Crippen LogP contribution in [-0.2, 0) is 20.7 Å². The lowest BCUT2D eigenvalue weighted by Crippen LogP contribution is -2.15. The molecular weight excluding hydrogens is 467 g/mol. The standard InChI is InChI=1S/C26H27FN4O5/c1-2-20(32)15-18-5-3-4-6-22(18)30-25-21(27)17-28-26(31-25)29-19-7-8-23-24(16-19)36-14-12-34-10-9-33-11-13-35-23/h2-8,16-17H,1,9-15H2,(H2,28,29,30,31). The van der Waals surface area contributed by atoms with Crippen LogP contribution in [0.5, 0.6) is 11.5 Å². The molecule has 1 aromatic heterocycles. The Morgan fingerprint density at radius 1 is 0.972 bits per heavy atom. The molecular formula is C26H27FN4O5. The second-order valence-corrected chi connectivity index (χ2v) is 7.73. The van der Waals surface area contributed by atoms with Crippen molar-refractivity contribution in [1.29, 1.82) is 0 Å². The van der Waals surface area contributed by atoms with E-state index >= 15 is 0 Å². The van der Waals surface area contributed by atoms with Gasteiger partial charge in [-0.05, 0) is 29.8 Å². The highest BCUT2D eigenvalue weighted by Crippen LogP contribution is 2.32. The van der Waals surface area contributed by atoms with Crippen molar-refractivity contribution >= 4 is 28.9 Å². The summed E-state index contributed by atoms with van der Waals surface area (Å²) in [4.78, 5) is 20.2. The maximum absolute atomic E-state index is 14.5. The fourth-order valence-electron chi connectivity index (χ4n) is 3.39. The zero-order valence-corrected chi connectivity index (χ0v) is 19.7. The molecule has 9 nitrogen and oxygen atoms in total. The molecule has 0 atom stereocenters. The summed E-state index contributed by atoms with van der Waals surface area (Å²) in [6.45, 7) is 6.07. The van der Waals surface area contributed by atoms with Crippen LogP contribution < -0.4 is 20.1 Å². The molecule has 0 radical (unpaired) electrons. The first-order valence-electron chi connectivity index (χ1n) is 11.5. The van der Waals surface area contributed by atoms with Crippen LogP contribution in [0.1, 0.15) is 5.56 Å². The lowest BCUT2D eigenvalue weighted by Gasteiger charge is -2.16. The molecule has 36 heavy (non-hydrogen) atoms. The average Bonchev–Trinajstić information content (AvgIpc) is 2.88. The van der Waals surface area contributed by atoms with E-state index in [-0.39, 0.29) is 24.0 Å². The topological polar surface area (TPSA) is 104 Å². The van der Waals surface area contributed by atoms with Crippen LogP contribution in [0.4, 0.5) is 27.5 Å². The van der Waals surface area contributed by atoms with Gasteiger partial charge in [0, 0.05) is 23.9 Å². The lowest BCUT2D eigenvalue weighted by atomic mass is 10.1. The third-order valence-electron chi connectivity index (χ3n) is 5.15. The molecule has 188 valence electrons. The maximum atomic E-state index is 14.5. The van der Waals surface area contributed by atoms with E-state index in [2.05, 4.69) is 27.2 Å². The van der Waals surface area contributed by atoms with Crippen LogP contribution >= 0.6 is 0 Å². The first-order chi connectivity index (χ1) is 17.6. The van der Waals surface area contributed by atoms with Crippen molar-refractivity contribution in [2.45, 2.75) is 6.42 Å². The number of rotatable bonds is 7. The molecule has 0 unspecified atom stereocenters. The third kappa shape index (κ3) is 7.00. The molecule has 0 saturated heterocycles. The van der Waals surface area contributed by atoms with Crippen molar-refractivity contribution in [2.24, 2.45) is 0 Å². The number of benzene rings is 2. The van der Waals surface area contributed by atoms with Gasteiger partial charge in [0.15, 0.2) is 28.9 Å². The molecule has 0 spiro atoms. The molecule has 0 saturated carbocycles. The van der Waals surface area contributed by atoms with Gasteiger partial charge < -0.3 is 29.6 Å². The van der Waals surface area contributed by atoms with Gasteiger partial charge in [-0.3, -0.25) is 4.79 Å². The Morgan fingerprint density at radius 3 is 2.47 bits per heavy atom. The highest BCUT2D eigenvalue weighted by molar-refractivity contribution is 5.92. The molecule has 2 aromatic carbocycles. The van der Waals surface area contributed by atoms with Crippen molar-refractivity contribution in [3.05, 3.63) is 72.7 Å². The normalized spacial score (nSPS) is 14.1. The number of halogens is 1. The highest BCUT2D eigenvalue weighted by Gasteiger charge is 2.13. The number of fused-ring (bicyclic) bond motifs is 1. The summed E-state index contributed by atoms with van der Waals surface area (Å²) < 4.78 is 37.1. The molecule has 4 rings (SSSR count). The van der Waals surface area contributed by atoms with E-state index in [0.717, 1.165) is 6.20 Å². The van der Waals surface area contributed by atoms with E-state index in [0.29, 0.717) is 68.1 Å². The zero-order valence-electron chi connectivity index (χ0n) is 19.7. The van der Waals surface area contributed by atoms with Gasteiger partial charge in [0.1, 0.15) is 13.2 Å². The molecule has 3 aromatic rings. The van der Waals surface area contributed by atoms with Gasteiger partial charge in [-0.1, -0.05) is 24.8 Å². The fraction of sp³-hybridized carbons (Fsp3) is 0.269. The number of allylic oxidation sites excluding steroid dienone is 1. The quantitative estimate of drug-likeness (QED) is 0.468. The van der Waals surface area contributed by atoms with E-state index in [1.807, 2.05) is 0 Å². The smallest absolute Gasteiger partial charge is 0.229 e. The number of anilines is 4. The summed E-state index contributed by atoms with van der Waals surface area (Å²) in [6, 6.07) is 12.4. The number of nitrogens with one attached hydrogen (secondary N) is 2. The van der Waals surface area contributed by atoms with Crippen molar-refractivity contribution in [1.82, 2.24) is 9.97 Å². The van der Waals surface area contributed by atoms with E-state index in [9.17, 15) is 9.18 Å². The fourth-order valence-corrected chi connectivity index (χ4v) is 3.39. The number of hydrogen-bond donors (Lipinski definition) is 2. The Morgan fingerprint density at radius 2 is 1.69 bits per heavy atom. The maximum Gasteiger partial charge on any atom is 0.229 e. The van der Waals surface area contributed by atoms with Crippen LogP contribution in [0.3, 0.4) is 0 Å². The summed E-state index contributed by atoms with van der Waals surface area (Å²) in [7, 11) is 0. The van der Waals surface area contributed by atoms with Gasteiger partial charge in [0.05, 0.1) is 32.6 Å². The van der Waals surface area contributed by atoms with Gasteiger partial charge in [-0.15, -0.1) is 0 Å². The van der Waals surface area contributed by atoms with Gasteiger partial charge in [0.25, 0.3) is 0 Å². The number of hydrogen-bond acceptors (Lipinski definition) is 9. The largest absolute Gasteiger partial charge is 0.487 e. The van der Waals surface area contributed by atoms with Gasteiger partial charge in [0.2, 0.25) is 5.95 Å². The minimum atomic E-state index is -0.637. The minimum absolute atomic E-state index is 0.0333. The second-order valence-electron chi connectivity index (χ2n) is 7.73. The second kappa shape index (κ2) is 12.6. The van der Waals surface area contributed by atoms with Gasteiger partial charge in [-0.2, -0.15) is 4.98 Å². The Bertz CT molecular complexity index is 1210. The molecule has 0 amide bonds. The summed E-state index contributed by atoms with van der Waals surface area (Å²) in [5.41, 5.74) is 1.88. The monoisotopic (exact) mass is 494 g/mol.